The second-order valence-corrected chi connectivity index (χ2v) is 5.52. The molecule has 0 saturated carbocycles. The fourth-order valence-electron chi connectivity index (χ4n) is 1.76. The predicted octanol–water partition coefficient (Wildman–Crippen LogP) is 1.30. The van der Waals surface area contributed by atoms with E-state index in [0.29, 0.717) is 12.5 Å². The molecule has 2 amide bonds. The Bertz CT molecular complexity index is 550. The van der Waals surface area contributed by atoms with Gasteiger partial charge < -0.3 is 10.2 Å². The number of nitrogens with one attached hydrogen (secondary N) is 2. The van der Waals surface area contributed by atoms with Gasteiger partial charge in [0.2, 0.25) is 5.95 Å². The molecule has 2 heterocycles. The van der Waals surface area contributed by atoms with Crippen LogP contribution in [0.4, 0.5) is 10.7 Å². The van der Waals surface area contributed by atoms with Crippen molar-refractivity contribution in [2.45, 2.75) is 6.04 Å². The summed E-state index contributed by atoms with van der Waals surface area (Å²) in [5.41, 5.74) is 0. The number of aryl methyl sites for hydroxylation is 1. The highest BCUT2D eigenvalue weighted by Gasteiger charge is 2.16. The van der Waals surface area contributed by atoms with Crippen LogP contribution in [0.1, 0.15) is 10.9 Å². The molecule has 0 bridgehead atoms. The number of amides is 2. The average Bonchev–Trinajstić information content (AvgIpc) is 3.02. The zero-order valence-electron chi connectivity index (χ0n) is 11.7. The first-order chi connectivity index (χ1) is 9.58. The lowest BCUT2D eigenvalue weighted by molar-refractivity contribution is 0.243. The van der Waals surface area contributed by atoms with E-state index >= 15 is 0 Å². The molecule has 1 unspecified atom stereocenters. The fourth-order valence-corrected chi connectivity index (χ4v) is 2.69. The summed E-state index contributed by atoms with van der Waals surface area (Å²) in [7, 11) is 5.70. The monoisotopic (exact) mass is 294 g/mol. The van der Waals surface area contributed by atoms with E-state index in [9.17, 15) is 4.79 Å². The Balaban J connectivity index is 1.90. The van der Waals surface area contributed by atoms with Crippen molar-refractivity contribution in [3.05, 3.63) is 28.7 Å². The summed E-state index contributed by atoms with van der Waals surface area (Å²) in [6, 6.07) is 3.94. The molecule has 2 aromatic heterocycles. The quantitative estimate of drug-likeness (QED) is 0.871. The van der Waals surface area contributed by atoms with Crippen LogP contribution in [0.3, 0.4) is 0 Å². The molecule has 108 valence electrons. The first kappa shape index (κ1) is 14.5. The third-order valence-corrected chi connectivity index (χ3v) is 3.86. The minimum Gasteiger partial charge on any atom is -0.336 e. The lowest BCUT2D eigenvalue weighted by Gasteiger charge is -2.23. The smallest absolute Gasteiger partial charge is 0.321 e. The van der Waals surface area contributed by atoms with Gasteiger partial charge >= 0.3 is 6.03 Å². The number of thiophene rings is 1. The van der Waals surface area contributed by atoms with E-state index in [1.165, 1.54) is 15.9 Å². The van der Waals surface area contributed by atoms with E-state index in [2.05, 4.69) is 31.7 Å². The van der Waals surface area contributed by atoms with Crippen molar-refractivity contribution < 1.29 is 4.79 Å². The topological polar surface area (TPSA) is 75.1 Å². The Morgan fingerprint density at radius 1 is 1.55 bits per heavy atom. The fraction of sp³-hybridized carbons (Fsp3) is 0.417. The average molecular weight is 294 g/mol. The second-order valence-electron chi connectivity index (χ2n) is 4.54. The Morgan fingerprint density at radius 3 is 2.90 bits per heavy atom. The molecule has 0 aliphatic rings. The van der Waals surface area contributed by atoms with Crippen LogP contribution in [0.5, 0.6) is 0 Å². The Labute approximate surface area is 121 Å². The molecule has 20 heavy (non-hydrogen) atoms. The summed E-state index contributed by atoms with van der Waals surface area (Å²) >= 11 is 1.68. The van der Waals surface area contributed by atoms with E-state index in [1.807, 2.05) is 25.5 Å². The van der Waals surface area contributed by atoms with E-state index in [0.717, 1.165) is 0 Å². The van der Waals surface area contributed by atoms with Crippen LogP contribution in [0.15, 0.2) is 23.8 Å². The maximum atomic E-state index is 11.8. The number of rotatable bonds is 5. The molecule has 0 aliphatic carbocycles. The molecule has 0 spiro atoms. The SMILES string of the molecule is CN(C)C(CNC(=O)Nc1ncnn1C)c1cccs1. The van der Waals surface area contributed by atoms with Crippen LogP contribution in [0.2, 0.25) is 0 Å². The first-order valence-electron chi connectivity index (χ1n) is 6.16. The number of carbonyl (C=O) groups excluding carboxylic acids is 1. The van der Waals surface area contributed by atoms with Crippen LogP contribution in [0, 0.1) is 0 Å². The Hall–Kier alpha value is -1.93. The first-order valence-corrected chi connectivity index (χ1v) is 7.04. The van der Waals surface area contributed by atoms with Crippen molar-refractivity contribution in [1.82, 2.24) is 25.0 Å². The Morgan fingerprint density at radius 2 is 2.35 bits per heavy atom. The van der Waals surface area contributed by atoms with Gasteiger partial charge in [-0.15, -0.1) is 11.3 Å². The minimum absolute atomic E-state index is 0.153. The van der Waals surface area contributed by atoms with Crippen LogP contribution in [-0.4, -0.2) is 46.3 Å². The molecular weight excluding hydrogens is 276 g/mol. The molecule has 0 saturated heterocycles. The minimum atomic E-state index is -0.287. The van der Waals surface area contributed by atoms with Crippen molar-refractivity contribution >= 4 is 23.3 Å². The molecular formula is C12H18N6OS. The number of anilines is 1. The van der Waals surface area contributed by atoms with Gasteiger partial charge in [0.05, 0.1) is 6.04 Å². The van der Waals surface area contributed by atoms with Gasteiger partial charge in [-0.05, 0) is 25.5 Å². The highest BCUT2D eigenvalue weighted by molar-refractivity contribution is 7.10. The number of likely N-dealkylation sites (N-methyl/N-ethyl adjacent to an activating group) is 1. The van der Waals surface area contributed by atoms with Gasteiger partial charge in [-0.3, -0.25) is 5.32 Å². The predicted molar refractivity (Wildman–Crippen MR) is 78.8 cm³/mol. The number of aromatic nitrogens is 3. The zero-order valence-corrected chi connectivity index (χ0v) is 12.5. The van der Waals surface area contributed by atoms with Crippen molar-refractivity contribution in [2.75, 3.05) is 26.0 Å². The van der Waals surface area contributed by atoms with Gasteiger partial charge in [0.15, 0.2) is 0 Å². The molecule has 8 heteroatoms. The van der Waals surface area contributed by atoms with Crippen LogP contribution in [-0.2, 0) is 7.05 Å². The molecule has 2 aromatic rings. The van der Waals surface area contributed by atoms with Gasteiger partial charge in [-0.25, -0.2) is 9.48 Å². The van der Waals surface area contributed by atoms with Gasteiger partial charge in [-0.2, -0.15) is 10.1 Å². The van der Waals surface area contributed by atoms with Crippen molar-refractivity contribution in [2.24, 2.45) is 7.05 Å². The van der Waals surface area contributed by atoms with Crippen molar-refractivity contribution in [3.63, 3.8) is 0 Å². The van der Waals surface area contributed by atoms with Crippen molar-refractivity contribution in [1.29, 1.82) is 0 Å². The number of carbonyl (C=O) groups is 1. The molecule has 1 atom stereocenters. The zero-order chi connectivity index (χ0) is 14.5. The molecule has 2 rings (SSSR count). The third kappa shape index (κ3) is 3.55. The molecule has 0 radical (unpaired) electrons. The van der Waals surface area contributed by atoms with E-state index in [4.69, 9.17) is 0 Å². The largest absolute Gasteiger partial charge is 0.336 e. The lowest BCUT2D eigenvalue weighted by Crippen LogP contribution is -2.37. The van der Waals surface area contributed by atoms with Crippen LogP contribution >= 0.6 is 11.3 Å². The van der Waals surface area contributed by atoms with Crippen LogP contribution < -0.4 is 10.6 Å². The number of urea groups is 1. The second kappa shape index (κ2) is 6.49. The summed E-state index contributed by atoms with van der Waals surface area (Å²) in [4.78, 5) is 19.1. The summed E-state index contributed by atoms with van der Waals surface area (Å²) in [6.07, 6.45) is 1.39. The summed E-state index contributed by atoms with van der Waals surface area (Å²) in [5, 5.41) is 11.4. The number of hydrogen-bond donors (Lipinski definition) is 2. The highest BCUT2D eigenvalue weighted by atomic mass is 32.1. The molecule has 0 aliphatic heterocycles. The molecule has 0 aromatic carbocycles. The maximum absolute atomic E-state index is 11.8. The number of hydrogen-bond acceptors (Lipinski definition) is 5. The van der Waals surface area contributed by atoms with E-state index in [-0.39, 0.29) is 12.1 Å². The van der Waals surface area contributed by atoms with Crippen molar-refractivity contribution in [3.8, 4) is 0 Å². The van der Waals surface area contributed by atoms with Gasteiger partial charge in [0.25, 0.3) is 0 Å². The summed E-state index contributed by atoms with van der Waals surface area (Å²) in [5.74, 6) is 0.417. The number of nitrogens with zero attached hydrogens (tertiary/aromatic N) is 4. The molecule has 0 fully saturated rings. The van der Waals surface area contributed by atoms with E-state index in [1.54, 1.807) is 18.4 Å². The highest BCUT2D eigenvalue weighted by Crippen LogP contribution is 2.22. The van der Waals surface area contributed by atoms with Gasteiger partial charge in [0.1, 0.15) is 6.33 Å². The van der Waals surface area contributed by atoms with Gasteiger partial charge in [-0.1, -0.05) is 6.07 Å². The normalized spacial score (nSPS) is 12.4. The summed E-state index contributed by atoms with van der Waals surface area (Å²) in [6.45, 7) is 0.525. The summed E-state index contributed by atoms with van der Waals surface area (Å²) < 4.78 is 1.50. The molecule has 2 N–H and O–H groups in total. The maximum Gasteiger partial charge on any atom is 0.321 e. The Kier molecular flexibility index (Phi) is 4.70. The third-order valence-electron chi connectivity index (χ3n) is 2.89. The van der Waals surface area contributed by atoms with E-state index < -0.39 is 0 Å². The van der Waals surface area contributed by atoms with Gasteiger partial charge in [0, 0.05) is 18.5 Å². The molecule has 7 nitrogen and oxygen atoms in total. The lowest BCUT2D eigenvalue weighted by atomic mass is 10.2. The standard InChI is InChI=1S/C12H18N6OS/c1-17(2)9(10-5-4-6-20-10)7-13-12(19)16-11-14-8-15-18(11)3/h4-6,8-9H,7H2,1-3H3,(H2,13,14,15,16,19). The van der Waals surface area contributed by atoms with Crippen LogP contribution in [0.25, 0.3) is 0 Å².